The Morgan fingerprint density at radius 1 is 1.06 bits per heavy atom. The number of nitrogens with zero attached hydrogens (tertiary/aromatic N) is 2. The summed E-state index contributed by atoms with van der Waals surface area (Å²) in [5, 5.41) is 9.42. The van der Waals surface area contributed by atoms with Crippen LogP contribution in [0.15, 0.2) is 48.8 Å². The van der Waals surface area contributed by atoms with Crippen LogP contribution in [0.2, 0.25) is 5.02 Å². The van der Waals surface area contributed by atoms with Crippen LogP contribution in [0, 0.1) is 11.3 Å². The Hall–Kier alpha value is -1.56. The molecule has 0 amide bonds. The first-order valence-corrected chi connectivity index (χ1v) is 5.29. The second kappa shape index (κ2) is 6.24. The molecular formula is C13H10Cl2N2. The van der Waals surface area contributed by atoms with Gasteiger partial charge in [-0.2, -0.15) is 5.26 Å². The molecule has 2 aromatic rings. The molecule has 0 bridgehead atoms. The first-order valence-electron chi connectivity index (χ1n) is 4.91. The lowest BCUT2D eigenvalue weighted by Gasteiger charge is -1.97. The maximum atomic E-state index is 8.67. The summed E-state index contributed by atoms with van der Waals surface area (Å²) in [4.78, 5) is 0. The summed E-state index contributed by atoms with van der Waals surface area (Å²) in [5.74, 6) is 0. The van der Waals surface area contributed by atoms with Gasteiger partial charge in [-0.15, -0.1) is 0 Å². The molecule has 0 atom stereocenters. The summed E-state index contributed by atoms with van der Waals surface area (Å²) < 4.78 is 2.02. The maximum absolute atomic E-state index is 8.67. The highest BCUT2D eigenvalue weighted by molar-refractivity contribution is 6.30. The third-order valence-electron chi connectivity index (χ3n) is 2.30. The molecule has 1 aromatic heterocycles. The summed E-state index contributed by atoms with van der Waals surface area (Å²) in [6.45, 7) is 0.781. The summed E-state index contributed by atoms with van der Waals surface area (Å²) >= 11 is 5.81. The Bertz CT molecular complexity index is 513. The van der Waals surface area contributed by atoms with E-state index >= 15 is 0 Å². The summed E-state index contributed by atoms with van der Waals surface area (Å²) in [6, 6.07) is 13.4. The van der Waals surface area contributed by atoms with Crippen LogP contribution in [0.25, 0.3) is 0 Å². The molecule has 4 heteroatoms. The zero-order valence-corrected chi connectivity index (χ0v) is 10.5. The monoisotopic (exact) mass is 264 g/mol. The van der Waals surface area contributed by atoms with Crippen LogP contribution in [0.3, 0.4) is 0 Å². The predicted octanol–water partition coefficient (Wildman–Crippen LogP) is -0.449. The van der Waals surface area contributed by atoms with Crippen molar-refractivity contribution in [3.05, 3.63) is 64.9 Å². The van der Waals surface area contributed by atoms with E-state index in [-0.39, 0.29) is 12.4 Å². The van der Waals surface area contributed by atoms with E-state index in [0.717, 1.165) is 11.6 Å². The molecule has 17 heavy (non-hydrogen) atoms. The minimum Gasteiger partial charge on any atom is -1.00 e. The van der Waals surface area contributed by atoms with Crippen molar-refractivity contribution in [1.82, 2.24) is 0 Å². The molecule has 1 heterocycles. The number of pyridine rings is 1. The van der Waals surface area contributed by atoms with E-state index in [0.29, 0.717) is 5.56 Å². The van der Waals surface area contributed by atoms with Crippen LogP contribution in [0.1, 0.15) is 11.1 Å². The average molecular weight is 265 g/mol. The average Bonchev–Trinajstić information content (AvgIpc) is 2.33. The van der Waals surface area contributed by atoms with Gasteiger partial charge in [0.15, 0.2) is 18.9 Å². The van der Waals surface area contributed by atoms with E-state index in [1.807, 2.05) is 41.2 Å². The van der Waals surface area contributed by atoms with Gasteiger partial charge in [0.2, 0.25) is 0 Å². The molecule has 0 aliphatic carbocycles. The second-order valence-electron chi connectivity index (χ2n) is 3.50. The van der Waals surface area contributed by atoms with Gasteiger partial charge in [-0.05, 0) is 12.1 Å². The first-order chi connectivity index (χ1) is 7.78. The van der Waals surface area contributed by atoms with E-state index in [1.165, 1.54) is 5.56 Å². The highest BCUT2D eigenvalue weighted by Crippen LogP contribution is 2.09. The zero-order chi connectivity index (χ0) is 11.4. The quantitative estimate of drug-likeness (QED) is 0.676. The molecule has 2 nitrogen and oxygen atoms in total. The molecule has 0 aliphatic rings. The molecule has 2 rings (SSSR count). The molecule has 0 saturated heterocycles. The van der Waals surface area contributed by atoms with Crippen LogP contribution in [-0.2, 0) is 6.54 Å². The molecule has 1 aromatic carbocycles. The van der Waals surface area contributed by atoms with Gasteiger partial charge < -0.3 is 12.4 Å². The lowest BCUT2D eigenvalue weighted by molar-refractivity contribution is -0.688. The third-order valence-corrected chi connectivity index (χ3v) is 2.55. The van der Waals surface area contributed by atoms with Crippen molar-refractivity contribution in [1.29, 1.82) is 5.26 Å². The minimum absolute atomic E-state index is 0. The van der Waals surface area contributed by atoms with Gasteiger partial charge in [0.05, 0.1) is 11.6 Å². The number of hydrogen-bond donors (Lipinski definition) is 0. The van der Waals surface area contributed by atoms with Crippen molar-refractivity contribution < 1.29 is 17.0 Å². The van der Waals surface area contributed by atoms with Crippen LogP contribution >= 0.6 is 11.6 Å². The number of nitriles is 1. The Balaban J connectivity index is 0.00000144. The summed E-state index contributed by atoms with van der Waals surface area (Å²) in [7, 11) is 0. The molecule has 0 fully saturated rings. The van der Waals surface area contributed by atoms with Crippen molar-refractivity contribution in [2.45, 2.75) is 6.54 Å². The molecule has 0 aliphatic heterocycles. The Morgan fingerprint density at radius 3 is 2.18 bits per heavy atom. The largest absolute Gasteiger partial charge is 1.00 e. The fourth-order valence-corrected chi connectivity index (χ4v) is 1.56. The van der Waals surface area contributed by atoms with E-state index in [4.69, 9.17) is 16.9 Å². The third kappa shape index (κ3) is 3.74. The van der Waals surface area contributed by atoms with E-state index < -0.39 is 0 Å². The standard InChI is InChI=1S/C13H10ClN2.ClH/c14-13-3-1-12(2-4-13)10-16-7-5-11(9-15)6-8-16;/h1-8H,10H2;1H/q+1;/p-1. The number of aromatic nitrogens is 1. The van der Waals surface area contributed by atoms with Crippen LogP contribution in [-0.4, -0.2) is 0 Å². The van der Waals surface area contributed by atoms with Gasteiger partial charge in [0.1, 0.15) is 0 Å². The van der Waals surface area contributed by atoms with Crippen molar-refractivity contribution in [3.8, 4) is 6.07 Å². The molecule has 0 unspecified atom stereocenters. The van der Waals surface area contributed by atoms with E-state index in [9.17, 15) is 0 Å². The van der Waals surface area contributed by atoms with Crippen LogP contribution < -0.4 is 17.0 Å². The topological polar surface area (TPSA) is 27.7 Å². The van der Waals surface area contributed by atoms with Gasteiger partial charge in [0, 0.05) is 22.7 Å². The molecule has 0 spiro atoms. The van der Waals surface area contributed by atoms with Crippen molar-refractivity contribution >= 4 is 11.6 Å². The van der Waals surface area contributed by atoms with Crippen molar-refractivity contribution in [2.24, 2.45) is 0 Å². The second-order valence-corrected chi connectivity index (χ2v) is 3.93. The molecule has 86 valence electrons. The Morgan fingerprint density at radius 2 is 1.65 bits per heavy atom. The zero-order valence-electron chi connectivity index (χ0n) is 8.98. The highest BCUT2D eigenvalue weighted by Gasteiger charge is 2.02. The van der Waals surface area contributed by atoms with Crippen LogP contribution in [0.4, 0.5) is 0 Å². The van der Waals surface area contributed by atoms with Gasteiger partial charge in [-0.1, -0.05) is 23.7 Å². The SMILES string of the molecule is N#Cc1cc[n+](Cc2ccc(Cl)cc2)cc1.[Cl-]. The summed E-state index contributed by atoms with van der Waals surface area (Å²) in [6.07, 6.45) is 3.79. The fourth-order valence-electron chi connectivity index (χ4n) is 1.44. The normalized spacial score (nSPS) is 9.18. The Kier molecular flexibility index (Phi) is 4.96. The molecular weight excluding hydrogens is 255 g/mol. The lowest BCUT2D eigenvalue weighted by atomic mass is 10.2. The molecule has 0 N–H and O–H groups in total. The van der Waals surface area contributed by atoms with Crippen LogP contribution in [0.5, 0.6) is 0 Å². The first kappa shape index (κ1) is 13.5. The molecule has 0 saturated carbocycles. The minimum atomic E-state index is 0. The van der Waals surface area contributed by atoms with Gasteiger partial charge >= 0.3 is 0 Å². The van der Waals surface area contributed by atoms with Crippen molar-refractivity contribution in [3.63, 3.8) is 0 Å². The number of benzene rings is 1. The number of hydrogen-bond acceptors (Lipinski definition) is 1. The lowest BCUT2D eigenvalue weighted by Crippen LogP contribution is -3.00. The Labute approximate surface area is 111 Å². The summed E-state index contributed by atoms with van der Waals surface area (Å²) in [5.41, 5.74) is 1.85. The van der Waals surface area contributed by atoms with E-state index in [2.05, 4.69) is 6.07 Å². The number of halogens is 2. The predicted molar refractivity (Wildman–Crippen MR) is 61.9 cm³/mol. The highest BCUT2D eigenvalue weighted by atomic mass is 35.5. The van der Waals surface area contributed by atoms with E-state index in [1.54, 1.807) is 12.1 Å². The van der Waals surface area contributed by atoms with Gasteiger partial charge in [-0.3, -0.25) is 0 Å². The van der Waals surface area contributed by atoms with Crippen molar-refractivity contribution in [2.75, 3.05) is 0 Å². The molecule has 0 radical (unpaired) electrons. The smallest absolute Gasteiger partial charge is 0.173 e. The van der Waals surface area contributed by atoms with Gasteiger partial charge in [-0.25, -0.2) is 4.57 Å². The number of rotatable bonds is 2. The fraction of sp³-hybridized carbons (Fsp3) is 0.0769. The maximum Gasteiger partial charge on any atom is 0.173 e. The van der Waals surface area contributed by atoms with Gasteiger partial charge in [0.25, 0.3) is 0 Å².